The largest absolute Gasteiger partial charge is 0.370 e. The first-order valence-corrected chi connectivity index (χ1v) is 8.11. The number of nitrogens with one attached hydrogen (secondary N) is 1. The van der Waals surface area contributed by atoms with Crippen LogP contribution in [0.1, 0.15) is 39.7 Å². The van der Waals surface area contributed by atoms with E-state index >= 15 is 0 Å². The number of benzene rings is 1. The zero-order valence-corrected chi connectivity index (χ0v) is 13.9. The van der Waals surface area contributed by atoms with Gasteiger partial charge in [0.15, 0.2) is 0 Å². The zero-order valence-electron chi connectivity index (χ0n) is 13.1. The molecule has 0 aliphatic carbocycles. The molecule has 2 unspecified atom stereocenters. The number of hydrogen-bond acceptors (Lipinski definition) is 2. The van der Waals surface area contributed by atoms with Crippen LogP contribution < -0.4 is 10.2 Å². The van der Waals surface area contributed by atoms with Crippen LogP contribution in [0.3, 0.4) is 0 Å². The second kappa shape index (κ2) is 6.82. The highest BCUT2D eigenvalue weighted by atomic mass is 35.5. The third kappa shape index (κ3) is 3.89. The van der Waals surface area contributed by atoms with E-state index in [0.717, 1.165) is 36.5 Å². The van der Waals surface area contributed by atoms with Crippen molar-refractivity contribution in [3.8, 4) is 0 Å². The standard InChI is InChI=1S/C17H27ClN2/c1-12(2)19-9-15-6-5-7-16(18)17(15)20-10-13(3)8-14(4)11-20/h5-7,12-14,19H,8-11H2,1-4H3. The Labute approximate surface area is 128 Å². The molecule has 112 valence electrons. The van der Waals surface area contributed by atoms with E-state index in [-0.39, 0.29) is 0 Å². The normalized spacial score (nSPS) is 23.4. The number of hydrogen-bond donors (Lipinski definition) is 1. The molecule has 1 aliphatic rings. The van der Waals surface area contributed by atoms with Crippen LogP contribution in [0, 0.1) is 11.8 Å². The summed E-state index contributed by atoms with van der Waals surface area (Å²) in [7, 11) is 0. The van der Waals surface area contributed by atoms with E-state index in [1.165, 1.54) is 17.7 Å². The van der Waals surface area contributed by atoms with Gasteiger partial charge in [0.2, 0.25) is 0 Å². The third-order valence-corrected chi connectivity index (χ3v) is 4.26. The molecule has 20 heavy (non-hydrogen) atoms. The highest BCUT2D eigenvalue weighted by Gasteiger charge is 2.24. The Balaban J connectivity index is 2.24. The minimum Gasteiger partial charge on any atom is -0.370 e. The molecule has 1 heterocycles. The van der Waals surface area contributed by atoms with Gasteiger partial charge in [-0.3, -0.25) is 0 Å². The Morgan fingerprint density at radius 3 is 2.50 bits per heavy atom. The number of para-hydroxylation sites is 1. The molecular formula is C17H27ClN2. The van der Waals surface area contributed by atoms with Crippen molar-refractivity contribution in [1.29, 1.82) is 0 Å². The Kier molecular flexibility index (Phi) is 5.34. The van der Waals surface area contributed by atoms with Crippen LogP contribution in [0.4, 0.5) is 5.69 Å². The summed E-state index contributed by atoms with van der Waals surface area (Å²) in [5.41, 5.74) is 2.55. The number of halogens is 1. The van der Waals surface area contributed by atoms with Crippen molar-refractivity contribution in [3.63, 3.8) is 0 Å². The lowest BCUT2D eigenvalue weighted by Crippen LogP contribution is -2.39. The Bertz CT molecular complexity index is 435. The summed E-state index contributed by atoms with van der Waals surface area (Å²) < 4.78 is 0. The van der Waals surface area contributed by atoms with Gasteiger partial charge in [0.1, 0.15) is 0 Å². The summed E-state index contributed by atoms with van der Waals surface area (Å²) >= 11 is 6.50. The van der Waals surface area contributed by atoms with E-state index < -0.39 is 0 Å². The first kappa shape index (κ1) is 15.7. The SMILES string of the molecule is CC1CC(C)CN(c2c(Cl)cccc2CNC(C)C)C1. The fourth-order valence-corrected chi connectivity index (χ4v) is 3.53. The molecule has 0 bridgehead atoms. The number of piperidine rings is 1. The van der Waals surface area contributed by atoms with Crippen molar-refractivity contribution < 1.29 is 0 Å². The fourth-order valence-electron chi connectivity index (χ4n) is 3.22. The molecular weight excluding hydrogens is 268 g/mol. The van der Waals surface area contributed by atoms with Crippen molar-refractivity contribution >= 4 is 17.3 Å². The monoisotopic (exact) mass is 294 g/mol. The fraction of sp³-hybridized carbons (Fsp3) is 0.647. The average Bonchev–Trinajstić information content (AvgIpc) is 2.35. The van der Waals surface area contributed by atoms with Gasteiger partial charge in [-0.1, -0.05) is 51.4 Å². The Hall–Kier alpha value is -0.730. The van der Waals surface area contributed by atoms with Crippen molar-refractivity contribution in [3.05, 3.63) is 28.8 Å². The molecule has 3 heteroatoms. The molecule has 1 aliphatic heterocycles. The molecule has 1 aromatic rings. The highest BCUT2D eigenvalue weighted by Crippen LogP contribution is 2.34. The van der Waals surface area contributed by atoms with Gasteiger partial charge >= 0.3 is 0 Å². The van der Waals surface area contributed by atoms with Crippen LogP contribution in [0.2, 0.25) is 5.02 Å². The first-order chi connectivity index (χ1) is 9.47. The van der Waals surface area contributed by atoms with Gasteiger partial charge in [-0.2, -0.15) is 0 Å². The maximum Gasteiger partial charge on any atom is 0.0642 e. The predicted octanol–water partition coefficient (Wildman–Crippen LogP) is 4.32. The molecule has 2 nitrogen and oxygen atoms in total. The van der Waals surface area contributed by atoms with Crippen molar-refractivity contribution in [2.24, 2.45) is 11.8 Å². The molecule has 0 saturated carbocycles. The Morgan fingerprint density at radius 2 is 1.90 bits per heavy atom. The van der Waals surface area contributed by atoms with Gasteiger partial charge in [-0.05, 0) is 29.9 Å². The van der Waals surface area contributed by atoms with Gasteiger partial charge in [0, 0.05) is 25.7 Å². The highest BCUT2D eigenvalue weighted by molar-refractivity contribution is 6.33. The Morgan fingerprint density at radius 1 is 1.25 bits per heavy atom. The summed E-state index contributed by atoms with van der Waals surface area (Å²) in [4.78, 5) is 2.48. The van der Waals surface area contributed by atoms with E-state index in [4.69, 9.17) is 11.6 Å². The second-order valence-electron chi connectivity index (χ2n) is 6.63. The lowest BCUT2D eigenvalue weighted by atomic mass is 9.91. The molecule has 0 radical (unpaired) electrons. The van der Waals surface area contributed by atoms with E-state index in [9.17, 15) is 0 Å². The molecule has 1 aromatic carbocycles. The molecule has 0 aromatic heterocycles. The van der Waals surface area contributed by atoms with Crippen LogP contribution >= 0.6 is 11.6 Å². The van der Waals surface area contributed by atoms with E-state index in [2.05, 4.69) is 50.0 Å². The molecule has 0 amide bonds. The molecule has 1 saturated heterocycles. The van der Waals surface area contributed by atoms with Gasteiger partial charge in [0.05, 0.1) is 10.7 Å². The zero-order chi connectivity index (χ0) is 14.7. The quantitative estimate of drug-likeness (QED) is 0.889. The van der Waals surface area contributed by atoms with E-state index in [1.807, 2.05) is 6.07 Å². The van der Waals surface area contributed by atoms with Crippen LogP contribution in [0.5, 0.6) is 0 Å². The van der Waals surface area contributed by atoms with Crippen LogP contribution in [-0.2, 0) is 6.54 Å². The molecule has 1 N–H and O–H groups in total. The van der Waals surface area contributed by atoms with Gasteiger partial charge in [-0.25, -0.2) is 0 Å². The van der Waals surface area contributed by atoms with Crippen molar-refractivity contribution in [2.75, 3.05) is 18.0 Å². The summed E-state index contributed by atoms with van der Waals surface area (Å²) in [5, 5.41) is 4.39. The number of rotatable bonds is 4. The summed E-state index contributed by atoms with van der Waals surface area (Å²) in [6.45, 7) is 12.1. The van der Waals surface area contributed by atoms with Gasteiger partial charge in [0.25, 0.3) is 0 Å². The van der Waals surface area contributed by atoms with Crippen molar-refractivity contribution in [2.45, 2.75) is 46.7 Å². The maximum atomic E-state index is 6.50. The molecule has 1 fully saturated rings. The first-order valence-electron chi connectivity index (χ1n) is 7.73. The minimum absolute atomic E-state index is 0.487. The lowest BCUT2D eigenvalue weighted by Gasteiger charge is -2.38. The van der Waals surface area contributed by atoms with Gasteiger partial charge in [-0.15, -0.1) is 0 Å². The summed E-state index contributed by atoms with van der Waals surface area (Å²) in [6.07, 6.45) is 1.32. The van der Waals surface area contributed by atoms with Crippen LogP contribution in [0.25, 0.3) is 0 Å². The minimum atomic E-state index is 0.487. The predicted molar refractivity (Wildman–Crippen MR) is 88.6 cm³/mol. The third-order valence-electron chi connectivity index (χ3n) is 3.96. The summed E-state index contributed by atoms with van der Waals surface area (Å²) in [5.74, 6) is 1.47. The summed E-state index contributed by atoms with van der Waals surface area (Å²) in [6, 6.07) is 6.75. The van der Waals surface area contributed by atoms with Gasteiger partial charge < -0.3 is 10.2 Å². The van der Waals surface area contributed by atoms with E-state index in [0.29, 0.717) is 6.04 Å². The second-order valence-corrected chi connectivity index (χ2v) is 7.04. The van der Waals surface area contributed by atoms with Crippen LogP contribution in [0.15, 0.2) is 18.2 Å². The molecule has 2 atom stereocenters. The number of nitrogens with zero attached hydrogens (tertiary/aromatic N) is 1. The lowest BCUT2D eigenvalue weighted by molar-refractivity contribution is 0.356. The number of anilines is 1. The topological polar surface area (TPSA) is 15.3 Å². The van der Waals surface area contributed by atoms with Crippen molar-refractivity contribution in [1.82, 2.24) is 5.32 Å². The smallest absolute Gasteiger partial charge is 0.0642 e. The molecule has 2 rings (SSSR count). The molecule has 0 spiro atoms. The van der Waals surface area contributed by atoms with Crippen LogP contribution in [-0.4, -0.2) is 19.1 Å². The average molecular weight is 295 g/mol. The maximum absolute atomic E-state index is 6.50. The van der Waals surface area contributed by atoms with E-state index in [1.54, 1.807) is 0 Å².